The van der Waals surface area contributed by atoms with Crippen molar-refractivity contribution in [2.75, 3.05) is 11.4 Å². The molecular formula is C16H22F2N2. The molecule has 2 aliphatic rings. The minimum absolute atomic E-state index is 0.0368. The van der Waals surface area contributed by atoms with Gasteiger partial charge in [-0.25, -0.2) is 8.78 Å². The Labute approximate surface area is 118 Å². The van der Waals surface area contributed by atoms with Crippen molar-refractivity contribution in [3.8, 4) is 0 Å². The van der Waals surface area contributed by atoms with Gasteiger partial charge in [0.2, 0.25) is 0 Å². The first-order valence-corrected chi connectivity index (χ1v) is 7.66. The van der Waals surface area contributed by atoms with Crippen LogP contribution in [0.4, 0.5) is 14.5 Å². The molecule has 1 aromatic carbocycles. The summed E-state index contributed by atoms with van der Waals surface area (Å²) in [5.74, 6) is -0.851. The van der Waals surface area contributed by atoms with Gasteiger partial charge in [0.05, 0.1) is 5.69 Å². The minimum Gasteiger partial charge on any atom is -0.366 e. The molecule has 0 radical (unpaired) electrons. The molecule has 20 heavy (non-hydrogen) atoms. The molecule has 0 aromatic heterocycles. The van der Waals surface area contributed by atoms with Gasteiger partial charge in [-0.15, -0.1) is 0 Å². The van der Waals surface area contributed by atoms with E-state index in [1.165, 1.54) is 25.7 Å². The molecule has 0 bridgehead atoms. The third-order valence-corrected chi connectivity index (χ3v) is 4.91. The summed E-state index contributed by atoms with van der Waals surface area (Å²) in [6.07, 6.45) is 7.10. The second kappa shape index (κ2) is 5.68. The van der Waals surface area contributed by atoms with Gasteiger partial charge in [0, 0.05) is 24.7 Å². The van der Waals surface area contributed by atoms with Crippen LogP contribution in [0, 0.1) is 17.6 Å². The molecule has 1 saturated heterocycles. The number of halogens is 2. The highest BCUT2D eigenvalue weighted by molar-refractivity contribution is 5.51. The summed E-state index contributed by atoms with van der Waals surface area (Å²) in [4.78, 5) is 2.10. The van der Waals surface area contributed by atoms with E-state index in [-0.39, 0.29) is 12.1 Å². The zero-order valence-corrected chi connectivity index (χ0v) is 11.7. The molecule has 2 unspecified atom stereocenters. The number of hydrogen-bond acceptors (Lipinski definition) is 2. The molecule has 1 saturated carbocycles. The van der Waals surface area contributed by atoms with E-state index in [2.05, 4.69) is 4.90 Å². The fourth-order valence-electron chi connectivity index (χ4n) is 3.88. The second-order valence-electron chi connectivity index (χ2n) is 6.02. The lowest BCUT2D eigenvalue weighted by Gasteiger charge is -2.45. The molecule has 1 aromatic rings. The fraction of sp³-hybridized carbons (Fsp3) is 0.625. The summed E-state index contributed by atoms with van der Waals surface area (Å²) < 4.78 is 28.3. The maximum absolute atomic E-state index is 14.3. The molecule has 1 aliphatic heterocycles. The molecule has 1 heterocycles. The number of fused-ring (bicyclic) bond motifs is 1. The first-order chi connectivity index (χ1) is 9.72. The van der Waals surface area contributed by atoms with Gasteiger partial charge in [0.25, 0.3) is 0 Å². The summed E-state index contributed by atoms with van der Waals surface area (Å²) in [5.41, 5.74) is 6.11. The van der Waals surface area contributed by atoms with Crippen molar-refractivity contribution >= 4 is 5.69 Å². The molecule has 2 fully saturated rings. The van der Waals surface area contributed by atoms with E-state index in [1.54, 1.807) is 12.1 Å². The number of piperidine rings is 1. The van der Waals surface area contributed by atoms with Crippen molar-refractivity contribution in [3.63, 3.8) is 0 Å². The highest BCUT2D eigenvalue weighted by Gasteiger charge is 2.34. The van der Waals surface area contributed by atoms with E-state index >= 15 is 0 Å². The van der Waals surface area contributed by atoms with Gasteiger partial charge < -0.3 is 10.6 Å². The largest absolute Gasteiger partial charge is 0.366 e. The van der Waals surface area contributed by atoms with Crippen molar-refractivity contribution in [3.05, 3.63) is 29.3 Å². The van der Waals surface area contributed by atoms with Crippen LogP contribution in [0.5, 0.6) is 0 Å². The van der Waals surface area contributed by atoms with E-state index in [0.29, 0.717) is 17.6 Å². The zero-order valence-electron chi connectivity index (χ0n) is 11.7. The molecule has 4 heteroatoms. The van der Waals surface area contributed by atoms with Gasteiger partial charge in [-0.2, -0.15) is 0 Å². The maximum atomic E-state index is 14.3. The van der Waals surface area contributed by atoms with Crippen LogP contribution in [0.15, 0.2) is 12.1 Å². The Balaban J connectivity index is 1.93. The Hall–Kier alpha value is -1.16. The summed E-state index contributed by atoms with van der Waals surface area (Å²) in [6, 6.07) is 3.72. The monoisotopic (exact) mass is 280 g/mol. The van der Waals surface area contributed by atoms with Crippen LogP contribution in [-0.4, -0.2) is 12.6 Å². The zero-order chi connectivity index (χ0) is 14.1. The van der Waals surface area contributed by atoms with Gasteiger partial charge in [-0.1, -0.05) is 18.9 Å². The summed E-state index contributed by atoms with van der Waals surface area (Å²) in [7, 11) is 0. The molecule has 0 amide bonds. The molecule has 2 N–H and O–H groups in total. The van der Waals surface area contributed by atoms with Crippen LogP contribution < -0.4 is 10.6 Å². The van der Waals surface area contributed by atoms with Gasteiger partial charge in [-0.05, 0) is 37.7 Å². The first kappa shape index (κ1) is 13.8. The van der Waals surface area contributed by atoms with Gasteiger partial charge in [-0.3, -0.25) is 0 Å². The van der Waals surface area contributed by atoms with E-state index < -0.39 is 11.6 Å². The Bertz CT molecular complexity index is 488. The molecule has 3 rings (SSSR count). The highest BCUT2D eigenvalue weighted by atomic mass is 19.2. The SMILES string of the molecule is NCc1ccc(N2CCCC3CCCCC32)c(F)c1F. The lowest BCUT2D eigenvalue weighted by atomic mass is 9.78. The predicted octanol–water partition coefficient (Wildman–Crippen LogP) is 3.58. The Morgan fingerprint density at radius 3 is 2.60 bits per heavy atom. The third-order valence-electron chi connectivity index (χ3n) is 4.91. The molecule has 110 valence electrons. The number of benzene rings is 1. The number of nitrogens with two attached hydrogens (primary N) is 1. The number of rotatable bonds is 2. The summed E-state index contributed by atoms with van der Waals surface area (Å²) >= 11 is 0. The Morgan fingerprint density at radius 1 is 1.05 bits per heavy atom. The minimum atomic E-state index is -0.775. The number of hydrogen-bond donors (Lipinski definition) is 1. The van der Waals surface area contributed by atoms with E-state index in [4.69, 9.17) is 5.73 Å². The van der Waals surface area contributed by atoms with Crippen molar-refractivity contribution in [2.24, 2.45) is 11.7 Å². The van der Waals surface area contributed by atoms with Crippen molar-refractivity contribution in [1.29, 1.82) is 0 Å². The van der Waals surface area contributed by atoms with Gasteiger partial charge in [0.1, 0.15) is 0 Å². The average molecular weight is 280 g/mol. The fourth-order valence-corrected chi connectivity index (χ4v) is 3.88. The van der Waals surface area contributed by atoms with Crippen LogP contribution in [0.3, 0.4) is 0 Å². The molecule has 2 atom stereocenters. The summed E-state index contributed by atoms with van der Waals surface area (Å²) in [6.45, 7) is 0.870. The standard InChI is InChI=1S/C16H22F2N2/c17-15-12(10-19)7-8-14(16(15)18)20-9-3-5-11-4-1-2-6-13(11)20/h7-8,11,13H,1-6,9-10,19H2. The summed E-state index contributed by atoms with van der Waals surface area (Å²) in [5, 5.41) is 0. The molecular weight excluding hydrogens is 258 g/mol. The van der Waals surface area contributed by atoms with Gasteiger partial charge in [0.15, 0.2) is 11.6 Å². The van der Waals surface area contributed by atoms with Crippen LogP contribution >= 0.6 is 0 Å². The first-order valence-electron chi connectivity index (χ1n) is 7.66. The second-order valence-corrected chi connectivity index (χ2v) is 6.02. The number of anilines is 1. The van der Waals surface area contributed by atoms with Crippen LogP contribution in [0.1, 0.15) is 44.1 Å². The van der Waals surface area contributed by atoms with E-state index in [1.807, 2.05) is 0 Å². The highest BCUT2D eigenvalue weighted by Crippen LogP contribution is 2.39. The molecule has 2 nitrogen and oxygen atoms in total. The van der Waals surface area contributed by atoms with E-state index in [9.17, 15) is 8.78 Å². The predicted molar refractivity (Wildman–Crippen MR) is 76.6 cm³/mol. The van der Waals surface area contributed by atoms with Crippen LogP contribution in [0.25, 0.3) is 0 Å². The lowest BCUT2D eigenvalue weighted by Crippen LogP contribution is -2.47. The Kier molecular flexibility index (Phi) is 3.92. The molecule has 1 aliphatic carbocycles. The van der Waals surface area contributed by atoms with Crippen molar-refractivity contribution in [1.82, 2.24) is 0 Å². The molecule has 0 spiro atoms. The maximum Gasteiger partial charge on any atom is 0.182 e. The lowest BCUT2D eigenvalue weighted by molar-refractivity contribution is 0.242. The quantitative estimate of drug-likeness (QED) is 0.897. The Morgan fingerprint density at radius 2 is 1.80 bits per heavy atom. The van der Waals surface area contributed by atoms with E-state index in [0.717, 1.165) is 19.4 Å². The van der Waals surface area contributed by atoms with Crippen LogP contribution in [-0.2, 0) is 6.54 Å². The van der Waals surface area contributed by atoms with Crippen molar-refractivity contribution < 1.29 is 8.78 Å². The van der Waals surface area contributed by atoms with Crippen LogP contribution in [0.2, 0.25) is 0 Å². The van der Waals surface area contributed by atoms with Gasteiger partial charge >= 0.3 is 0 Å². The number of nitrogens with zero attached hydrogens (tertiary/aromatic N) is 1. The normalized spacial score (nSPS) is 26.4. The average Bonchev–Trinajstić information content (AvgIpc) is 2.50. The smallest absolute Gasteiger partial charge is 0.182 e. The van der Waals surface area contributed by atoms with Crippen molar-refractivity contribution in [2.45, 2.75) is 51.1 Å². The third kappa shape index (κ3) is 2.30. The topological polar surface area (TPSA) is 29.3 Å².